The molecule has 1 aromatic heterocycles. The van der Waals surface area contributed by atoms with Crippen molar-refractivity contribution in [2.75, 3.05) is 0 Å². The molecule has 1 heterocycles. The largest absolute Gasteiger partial charge is 0.322 e. The third-order valence-corrected chi connectivity index (χ3v) is 14.3. The first-order valence-corrected chi connectivity index (χ1v) is 23.0. The molecule has 0 amide bonds. The quantitative estimate of drug-likeness (QED) is 0.127. The summed E-state index contributed by atoms with van der Waals surface area (Å²) in [5, 5.41) is 10.9. The molecule has 0 aliphatic heterocycles. The van der Waals surface area contributed by atoms with Gasteiger partial charge in [-0.1, -0.05) is 184 Å². The maximum atomic E-state index is 7.28. The molecule has 11 aromatic rings. The Bertz CT molecular complexity index is 3640. The van der Waals surface area contributed by atoms with Crippen LogP contribution in [0.1, 0.15) is 59.9 Å². The minimum Gasteiger partial charge on any atom is -0.322 e. The van der Waals surface area contributed by atoms with Gasteiger partial charge < -0.3 is 16.0 Å². The zero-order valence-corrected chi connectivity index (χ0v) is 37.1. The van der Waals surface area contributed by atoms with Crippen LogP contribution in [-0.4, -0.2) is 4.57 Å². The number of nitrogens with zero attached hydrogens (tertiary/aromatic N) is 1. The minimum atomic E-state index is -0.446. The highest BCUT2D eigenvalue weighted by Crippen LogP contribution is 2.49. The van der Waals surface area contributed by atoms with Crippen molar-refractivity contribution in [1.29, 1.82) is 0 Å². The van der Waals surface area contributed by atoms with Gasteiger partial charge in [-0.05, 0) is 131 Å². The molecule has 10 aromatic carbocycles. The average molecular weight is 851 g/mol. The van der Waals surface area contributed by atoms with Crippen molar-refractivity contribution >= 4 is 43.4 Å². The van der Waals surface area contributed by atoms with Gasteiger partial charge in [0.25, 0.3) is 0 Å². The molecule has 4 nitrogen and oxygen atoms in total. The Labute approximate surface area is 385 Å². The topological polar surface area (TPSA) is 69.0 Å². The molecule has 0 saturated carbocycles. The number of nitrogens with one attached hydrogen (secondary N) is 1. The molecule has 4 heteroatoms. The second kappa shape index (κ2) is 15.8. The normalized spacial score (nSPS) is 14.4. The fourth-order valence-corrected chi connectivity index (χ4v) is 10.7. The summed E-state index contributed by atoms with van der Waals surface area (Å²) < 4.78 is 2.38. The zero-order chi connectivity index (χ0) is 44.5. The number of nitrogens with two attached hydrogens (primary N) is 2. The van der Waals surface area contributed by atoms with Crippen molar-refractivity contribution in [2.24, 2.45) is 11.5 Å². The second-order valence-corrected chi connectivity index (χ2v) is 18.5. The fraction of sp³-hybridized carbons (Fsp3) is 0.0968. The Balaban J connectivity index is 0.870. The lowest BCUT2D eigenvalue weighted by molar-refractivity contribution is 0.398. The van der Waals surface area contributed by atoms with Gasteiger partial charge in [-0.3, -0.25) is 5.32 Å². The first-order chi connectivity index (χ1) is 32.3. The Morgan fingerprint density at radius 2 is 0.939 bits per heavy atom. The number of rotatable bonds is 9. The van der Waals surface area contributed by atoms with Gasteiger partial charge in [0.1, 0.15) is 0 Å². The fourth-order valence-electron chi connectivity index (χ4n) is 10.7. The van der Waals surface area contributed by atoms with Crippen LogP contribution in [0, 0.1) is 0 Å². The highest BCUT2D eigenvalue weighted by atomic mass is 15.1. The lowest BCUT2D eigenvalue weighted by atomic mass is 9.81. The van der Waals surface area contributed by atoms with E-state index in [0.29, 0.717) is 0 Å². The minimum absolute atomic E-state index is 0.0306. The van der Waals surface area contributed by atoms with Crippen LogP contribution in [0.2, 0.25) is 0 Å². The third-order valence-electron chi connectivity index (χ3n) is 14.3. The molecule has 12 rings (SSSR count). The van der Waals surface area contributed by atoms with Crippen molar-refractivity contribution < 1.29 is 0 Å². The van der Waals surface area contributed by atoms with Crippen LogP contribution < -0.4 is 16.8 Å². The van der Waals surface area contributed by atoms with E-state index in [4.69, 9.17) is 11.5 Å². The number of hydrogen-bond acceptors (Lipinski definition) is 3. The standard InChI is InChI=1S/C62H50N4/c1-62(2)55-17-9-7-15-51(55)52-33-29-47(38-56(52)62)42-21-19-41(20-22-42)46-30-34-58-54(37-46)53-16-8-10-18-57(53)66(58)50-31-27-43(28-32-50)60(59(63)48-25-23-39-11-3-5-13-44(39)35-48)65-61(64)49-26-24-40-12-4-6-14-45(40)36-49/h3-38,59-61,65H,63-64H2,1-2H3/t59-,60?,61?/m0/s1. The summed E-state index contributed by atoms with van der Waals surface area (Å²) in [4.78, 5) is 0. The Hall–Kier alpha value is -7.60. The molecule has 1 aliphatic rings. The van der Waals surface area contributed by atoms with Gasteiger partial charge in [0.2, 0.25) is 0 Å². The summed E-state index contributed by atoms with van der Waals surface area (Å²) in [6.07, 6.45) is -0.446. The molecule has 66 heavy (non-hydrogen) atoms. The summed E-state index contributed by atoms with van der Waals surface area (Å²) in [5.41, 5.74) is 31.1. The highest BCUT2D eigenvalue weighted by Gasteiger charge is 2.35. The molecule has 2 unspecified atom stereocenters. The molecule has 0 spiro atoms. The smallest absolute Gasteiger partial charge is 0.0815 e. The molecule has 0 bridgehead atoms. The predicted molar refractivity (Wildman–Crippen MR) is 277 cm³/mol. The van der Waals surface area contributed by atoms with Crippen LogP contribution in [-0.2, 0) is 5.41 Å². The zero-order valence-electron chi connectivity index (χ0n) is 37.1. The number of para-hydroxylation sites is 1. The summed E-state index contributed by atoms with van der Waals surface area (Å²) in [7, 11) is 0. The molecular weight excluding hydrogens is 801 g/mol. The number of aromatic nitrogens is 1. The van der Waals surface area contributed by atoms with Crippen molar-refractivity contribution in [1.82, 2.24) is 9.88 Å². The van der Waals surface area contributed by atoms with Crippen LogP contribution in [0.3, 0.4) is 0 Å². The van der Waals surface area contributed by atoms with Crippen LogP contribution in [0.25, 0.3) is 82.4 Å². The lowest BCUT2D eigenvalue weighted by Gasteiger charge is -2.30. The monoisotopic (exact) mass is 850 g/mol. The molecule has 1 aliphatic carbocycles. The summed E-state index contributed by atoms with van der Waals surface area (Å²) >= 11 is 0. The predicted octanol–water partition coefficient (Wildman–Crippen LogP) is 14.7. The molecule has 0 fully saturated rings. The van der Waals surface area contributed by atoms with Gasteiger partial charge >= 0.3 is 0 Å². The molecule has 5 N–H and O–H groups in total. The van der Waals surface area contributed by atoms with E-state index in [9.17, 15) is 0 Å². The van der Waals surface area contributed by atoms with E-state index in [2.05, 4.69) is 242 Å². The number of benzene rings is 10. The lowest BCUT2D eigenvalue weighted by Crippen LogP contribution is -2.38. The average Bonchev–Trinajstić information content (AvgIpc) is 3.82. The Morgan fingerprint density at radius 1 is 0.409 bits per heavy atom. The van der Waals surface area contributed by atoms with Gasteiger partial charge in [-0.2, -0.15) is 0 Å². The van der Waals surface area contributed by atoms with E-state index < -0.39 is 6.17 Å². The van der Waals surface area contributed by atoms with Gasteiger partial charge in [0.15, 0.2) is 0 Å². The van der Waals surface area contributed by atoms with Gasteiger partial charge in [0, 0.05) is 27.9 Å². The van der Waals surface area contributed by atoms with Crippen LogP contribution in [0.5, 0.6) is 0 Å². The second-order valence-electron chi connectivity index (χ2n) is 18.5. The molecular formula is C62H50N4. The van der Waals surface area contributed by atoms with E-state index in [1.165, 1.54) is 66.1 Å². The van der Waals surface area contributed by atoms with E-state index in [-0.39, 0.29) is 17.5 Å². The maximum Gasteiger partial charge on any atom is 0.0815 e. The van der Waals surface area contributed by atoms with E-state index in [0.717, 1.165) is 44.2 Å². The maximum absolute atomic E-state index is 7.28. The summed E-state index contributed by atoms with van der Waals surface area (Å²) in [5.74, 6) is 0. The SMILES string of the molecule is CC1(C)c2ccccc2-c2ccc(-c3ccc(-c4ccc5c(c4)c4ccccc4n5-c4ccc(C(NC(N)c5ccc6ccccc6c5)[C@@H](N)c5ccc6ccccc6c5)cc4)cc3)cc21. The van der Waals surface area contributed by atoms with Crippen LogP contribution in [0.15, 0.2) is 218 Å². The Morgan fingerprint density at radius 3 is 1.67 bits per heavy atom. The molecule has 318 valence electrons. The van der Waals surface area contributed by atoms with Crippen molar-refractivity contribution in [3.63, 3.8) is 0 Å². The first kappa shape index (κ1) is 40.0. The molecule has 0 saturated heterocycles. The summed E-state index contributed by atoms with van der Waals surface area (Å²) in [6.45, 7) is 4.69. The van der Waals surface area contributed by atoms with E-state index in [1.807, 2.05) is 0 Å². The van der Waals surface area contributed by atoms with Crippen molar-refractivity contribution in [3.8, 4) is 39.1 Å². The van der Waals surface area contributed by atoms with Crippen molar-refractivity contribution in [2.45, 2.75) is 37.5 Å². The number of hydrogen-bond donors (Lipinski definition) is 3. The van der Waals surface area contributed by atoms with Crippen LogP contribution in [0.4, 0.5) is 0 Å². The molecule has 3 atom stereocenters. The van der Waals surface area contributed by atoms with E-state index >= 15 is 0 Å². The van der Waals surface area contributed by atoms with Gasteiger partial charge in [-0.25, -0.2) is 0 Å². The summed E-state index contributed by atoms with van der Waals surface area (Å²) in [6, 6.07) is 78.4. The first-order valence-electron chi connectivity index (χ1n) is 23.0. The molecule has 0 radical (unpaired) electrons. The Kier molecular flexibility index (Phi) is 9.58. The third kappa shape index (κ3) is 6.73. The van der Waals surface area contributed by atoms with E-state index in [1.54, 1.807) is 0 Å². The van der Waals surface area contributed by atoms with Gasteiger partial charge in [-0.15, -0.1) is 0 Å². The van der Waals surface area contributed by atoms with Crippen molar-refractivity contribution in [3.05, 3.63) is 246 Å². The number of fused-ring (bicyclic) bond motifs is 8. The highest BCUT2D eigenvalue weighted by molar-refractivity contribution is 6.10. The van der Waals surface area contributed by atoms with Gasteiger partial charge in [0.05, 0.1) is 23.2 Å². The van der Waals surface area contributed by atoms with Crippen LogP contribution >= 0.6 is 0 Å².